The van der Waals surface area contributed by atoms with Crippen LogP contribution in [-0.4, -0.2) is 24.9 Å². The van der Waals surface area contributed by atoms with Crippen molar-refractivity contribution in [3.63, 3.8) is 0 Å². The van der Waals surface area contributed by atoms with Crippen molar-refractivity contribution in [1.82, 2.24) is 24.9 Å². The van der Waals surface area contributed by atoms with Crippen molar-refractivity contribution in [1.29, 1.82) is 0 Å². The molecular weight excluding hydrogens is 699 g/mol. The Morgan fingerprint density at radius 1 is 0.382 bits per heavy atom. The van der Waals surface area contributed by atoms with Gasteiger partial charge in [0.25, 0.3) is 0 Å². The normalized spacial score (nSPS) is 11.6. The second-order valence-electron chi connectivity index (χ2n) is 13.3. The van der Waals surface area contributed by atoms with E-state index < -0.39 is 0 Å². The molecule has 258 valence electrons. The molecule has 4 heterocycles. The van der Waals surface area contributed by atoms with Crippen molar-refractivity contribution >= 4 is 54.6 Å². The smallest absolute Gasteiger partial charge is 0.231 e. The van der Waals surface area contributed by atoms with Crippen LogP contribution in [0.5, 0.6) is 0 Å². The number of rotatable bonds is 6. The number of thiazole rings is 1. The third-order valence-electron chi connectivity index (χ3n) is 9.84. The van der Waals surface area contributed by atoms with Gasteiger partial charge in [0.05, 0.1) is 15.8 Å². The lowest BCUT2D eigenvalue weighted by atomic mass is 10.0. The van der Waals surface area contributed by atoms with Gasteiger partial charge in [0.15, 0.2) is 23.1 Å². The summed E-state index contributed by atoms with van der Waals surface area (Å²) >= 11 is 1.66. The minimum atomic E-state index is 0.543. The lowest BCUT2D eigenvalue weighted by Gasteiger charge is -2.08. The molecule has 11 aromatic rings. The molecule has 0 saturated heterocycles. The molecule has 0 aliphatic heterocycles. The summed E-state index contributed by atoms with van der Waals surface area (Å²) < 4.78 is 13.9. The maximum Gasteiger partial charge on any atom is 0.231 e. The summed E-state index contributed by atoms with van der Waals surface area (Å²) in [6.07, 6.45) is 0. The Hall–Kier alpha value is -7.29. The molecule has 11 rings (SSSR count). The number of furan rings is 1. The van der Waals surface area contributed by atoms with Gasteiger partial charge >= 0.3 is 0 Å². The highest BCUT2D eigenvalue weighted by Crippen LogP contribution is 2.41. The van der Waals surface area contributed by atoms with E-state index in [0.29, 0.717) is 23.4 Å². The third-order valence-corrected chi connectivity index (χ3v) is 10.9. The van der Waals surface area contributed by atoms with Crippen molar-refractivity contribution in [2.24, 2.45) is 0 Å². The van der Waals surface area contributed by atoms with Gasteiger partial charge in [-0.3, -0.25) is 0 Å². The van der Waals surface area contributed by atoms with Crippen LogP contribution in [0.2, 0.25) is 0 Å². The molecule has 0 radical (unpaired) electrons. The van der Waals surface area contributed by atoms with Crippen molar-refractivity contribution in [3.05, 3.63) is 164 Å². The lowest BCUT2D eigenvalue weighted by molar-refractivity contribution is 0.615. The van der Waals surface area contributed by atoms with Crippen molar-refractivity contribution < 1.29 is 8.83 Å². The molecule has 0 aliphatic rings. The molecular formula is C47H27N5O2S. The summed E-state index contributed by atoms with van der Waals surface area (Å²) in [7, 11) is 0. The average molecular weight is 726 g/mol. The average Bonchev–Trinajstić information content (AvgIpc) is 3.99. The molecule has 8 heteroatoms. The van der Waals surface area contributed by atoms with E-state index in [0.717, 1.165) is 87.2 Å². The van der Waals surface area contributed by atoms with E-state index in [1.807, 2.05) is 97.1 Å². The van der Waals surface area contributed by atoms with Crippen LogP contribution in [0.4, 0.5) is 0 Å². The van der Waals surface area contributed by atoms with Crippen LogP contribution in [0.3, 0.4) is 0 Å². The molecule has 0 amide bonds. The first-order chi connectivity index (χ1) is 27.2. The zero-order chi connectivity index (χ0) is 36.3. The Morgan fingerprint density at radius 3 is 1.65 bits per heavy atom. The van der Waals surface area contributed by atoms with Crippen LogP contribution >= 0.6 is 11.3 Å². The maximum atomic E-state index is 6.66. The highest BCUT2D eigenvalue weighted by molar-refractivity contribution is 7.21. The van der Waals surface area contributed by atoms with Crippen LogP contribution in [0.1, 0.15) is 0 Å². The van der Waals surface area contributed by atoms with E-state index in [9.17, 15) is 0 Å². The quantitative estimate of drug-likeness (QED) is 0.168. The van der Waals surface area contributed by atoms with Gasteiger partial charge < -0.3 is 8.83 Å². The number of aromatic nitrogens is 5. The van der Waals surface area contributed by atoms with Gasteiger partial charge in [0.1, 0.15) is 21.7 Å². The standard InChI is InChI=1S/C47H27N5O2S/c1-3-11-29(12-4-1)43-50-44(30-13-5-2-6-14-30)52-45(51-43)32-25-26-40-38(27-32)49-47(55-40)31-23-21-28(22-24-31)33-15-9-16-34-35-17-10-18-36(42(35)54-41(33)34)46-48-37-19-7-8-20-39(37)53-46/h1-27H. The van der Waals surface area contributed by atoms with Gasteiger partial charge in [-0.2, -0.15) is 0 Å². The van der Waals surface area contributed by atoms with E-state index in [2.05, 4.69) is 66.7 Å². The monoisotopic (exact) mass is 725 g/mol. The highest BCUT2D eigenvalue weighted by atomic mass is 32.1. The molecule has 0 bridgehead atoms. The summed E-state index contributed by atoms with van der Waals surface area (Å²) in [5.74, 6) is 2.41. The number of oxazole rings is 1. The van der Waals surface area contributed by atoms with E-state index in [1.165, 1.54) is 0 Å². The predicted molar refractivity (Wildman–Crippen MR) is 220 cm³/mol. The van der Waals surface area contributed by atoms with Gasteiger partial charge in [-0.15, -0.1) is 11.3 Å². The van der Waals surface area contributed by atoms with Gasteiger partial charge in [0.2, 0.25) is 5.89 Å². The van der Waals surface area contributed by atoms with Crippen LogP contribution in [0.25, 0.3) is 111 Å². The fourth-order valence-electron chi connectivity index (χ4n) is 7.12. The Balaban J connectivity index is 0.938. The van der Waals surface area contributed by atoms with Gasteiger partial charge in [-0.1, -0.05) is 127 Å². The molecule has 0 fully saturated rings. The van der Waals surface area contributed by atoms with Crippen molar-refractivity contribution in [2.75, 3.05) is 0 Å². The molecule has 55 heavy (non-hydrogen) atoms. The van der Waals surface area contributed by atoms with Crippen LogP contribution < -0.4 is 0 Å². The fraction of sp³-hybridized carbons (Fsp3) is 0. The Labute approximate surface area is 318 Å². The number of benzene rings is 7. The van der Waals surface area contributed by atoms with Crippen LogP contribution in [0, 0.1) is 0 Å². The Kier molecular flexibility index (Phi) is 7.21. The van der Waals surface area contributed by atoms with E-state index in [-0.39, 0.29) is 0 Å². The molecule has 7 aromatic carbocycles. The van der Waals surface area contributed by atoms with Crippen molar-refractivity contribution in [2.45, 2.75) is 0 Å². The van der Waals surface area contributed by atoms with E-state index in [1.54, 1.807) is 11.3 Å². The Morgan fingerprint density at radius 2 is 0.964 bits per heavy atom. The van der Waals surface area contributed by atoms with E-state index in [4.69, 9.17) is 33.8 Å². The number of para-hydroxylation sites is 4. The summed E-state index contributed by atoms with van der Waals surface area (Å²) in [6, 6.07) is 55.0. The molecule has 0 unspecified atom stereocenters. The second-order valence-corrected chi connectivity index (χ2v) is 14.3. The molecule has 0 saturated carbocycles. The first kappa shape index (κ1) is 31.3. The number of nitrogens with zero attached hydrogens (tertiary/aromatic N) is 5. The number of hydrogen-bond donors (Lipinski definition) is 0. The molecule has 7 nitrogen and oxygen atoms in total. The Bertz CT molecular complexity index is 3110. The summed E-state index contributed by atoms with van der Waals surface area (Å²) in [5, 5.41) is 3.00. The molecule has 0 atom stereocenters. The molecule has 4 aromatic heterocycles. The lowest BCUT2D eigenvalue weighted by Crippen LogP contribution is -2.00. The highest BCUT2D eigenvalue weighted by Gasteiger charge is 2.19. The van der Waals surface area contributed by atoms with Gasteiger partial charge in [0, 0.05) is 38.6 Å². The largest absolute Gasteiger partial charge is 0.455 e. The second kappa shape index (κ2) is 12.7. The van der Waals surface area contributed by atoms with E-state index >= 15 is 0 Å². The summed E-state index contributed by atoms with van der Waals surface area (Å²) in [4.78, 5) is 24.5. The zero-order valence-electron chi connectivity index (χ0n) is 29.0. The maximum absolute atomic E-state index is 6.66. The van der Waals surface area contributed by atoms with Gasteiger partial charge in [-0.25, -0.2) is 24.9 Å². The predicted octanol–water partition coefficient (Wildman–Crippen LogP) is 12.5. The third kappa shape index (κ3) is 5.47. The first-order valence-electron chi connectivity index (χ1n) is 17.9. The zero-order valence-corrected chi connectivity index (χ0v) is 29.9. The minimum Gasteiger partial charge on any atom is -0.455 e. The van der Waals surface area contributed by atoms with Gasteiger partial charge in [-0.05, 0) is 42.0 Å². The first-order valence-corrected chi connectivity index (χ1v) is 18.7. The summed E-state index contributed by atoms with van der Waals surface area (Å²) in [5.41, 5.74) is 10.7. The van der Waals surface area contributed by atoms with Crippen LogP contribution in [-0.2, 0) is 0 Å². The SMILES string of the molecule is c1ccc(-c2nc(-c3ccccc3)nc(-c3ccc4sc(-c5ccc(-c6cccc7c6oc6c(-c8nc9ccccc9o8)cccc67)cc5)nc4c3)n2)cc1. The molecule has 0 aliphatic carbocycles. The topological polar surface area (TPSA) is 90.7 Å². The van der Waals surface area contributed by atoms with Crippen molar-refractivity contribution in [3.8, 4) is 67.3 Å². The minimum absolute atomic E-state index is 0.543. The number of hydrogen-bond acceptors (Lipinski definition) is 8. The van der Waals surface area contributed by atoms with Crippen LogP contribution in [0.15, 0.2) is 173 Å². The molecule has 0 spiro atoms. The summed E-state index contributed by atoms with van der Waals surface area (Å²) in [6.45, 7) is 0. The molecule has 0 N–H and O–H groups in total. The fourth-order valence-corrected chi connectivity index (χ4v) is 8.07. The number of fused-ring (bicyclic) bond motifs is 5.